The molecule has 2 bridgehead atoms. The summed E-state index contributed by atoms with van der Waals surface area (Å²) in [7, 11) is 0. The highest BCUT2D eigenvalue weighted by Crippen LogP contribution is 2.44. The van der Waals surface area contributed by atoms with Gasteiger partial charge in [0.25, 0.3) is 0 Å². The molecule has 0 heterocycles. The van der Waals surface area contributed by atoms with Gasteiger partial charge in [-0.1, -0.05) is 50.1 Å². The predicted octanol–water partition coefficient (Wildman–Crippen LogP) is 4.18. The zero-order valence-electron chi connectivity index (χ0n) is 12.1. The van der Waals surface area contributed by atoms with Crippen molar-refractivity contribution < 1.29 is 0 Å². The standard InChI is InChI=1S/C18H27N/c1-2-6-17(12-14-7-4-3-5-8-14)19-18-13-15-9-10-16(18)11-15/h3-5,7-8,15-19H,2,6,9-13H2,1H3. The summed E-state index contributed by atoms with van der Waals surface area (Å²) in [5.74, 6) is 2.03. The van der Waals surface area contributed by atoms with E-state index in [1.165, 1.54) is 50.5 Å². The number of fused-ring (bicyclic) bond motifs is 2. The molecular formula is C18H27N. The van der Waals surface area contributed by atoms with E-state index in [0.717, 1.165) is 17.9 Å². The summed E-state index contributed by atoms with van der Waals surface area (Å²) in [6, 6.07) is 12.5. The third-order valence-electron chi connectivity index (χ3n) is 5.15. The molecule has 1 nitrogen and oxygen atoms in total. The molecule has 0 spiro atoms. The molecule has 0 amide bonds. The van der Waals surface area contributed by atoms with E-state index in [1.807, 2.05) is 0 Å². The maximum atomic E-state index is 4.00. The van der Waals surface area contributed by atoms with E-state index in [1.54, 1.807) is 0 Å². The van der Waals surface area contributed by atoms with Crippen molar-refractivity contribution in [2.75, 3.05) is 0 Å². The Labute approximate surface area is 117 Å². The molecule has 2 aliphatic carbocycles. The summed E-state index contributed by atoms with van der Waals surface area (Å²) in [4.78, 5) is 0. The quantitative estimate of drug-likeness (QED) is 0.806. The highest BCUT2D eigenvalue weighted by atomic mass is 15.0. The van der Waals surface area contributed by atoms with Gasteiger partial charge in [-0.15, -0.1) is 0 Å². The highest BCUT2D eigenvalue weighted by Gasteiger charge is 2.39. The summed E-state index contributed by atoms with van der Waals surface area (Å²) >= 11 is 0. The van der Waals surface area contributed by atoms with Crippen molar-refractivity contribution in [2.24, 2.45) is 11.8 Å². The Hall–Kier alpha value is -0.820. The molecule has 0 aliphatic heterocycles. The zero-order valence-corrected chi connectivity index (χ0v) is 12.1. The first kappa shape index (κ1) is 13.2. The van der Waals surface area contributed by atoms with Crippen LogP contribution < -0.4 is 5.32 Å². The maximum Gasteiger partial charge on any atom is 0.0110 e. The summed E-state index contributed by atoms with van der Waals surface area (Å²) in [6.45, 7) is 2.31. The Morgan fingerprint density at radius 1 is 1.16 bits per heavy atom. The van der Waals surface area contributed by atoms with Gasteiger partial charge < -0.3 is 5.32 Å². The van der Waals surface area contributed by atoms with Crippen LogP contribution in [0.4, 0.5) is 0 Å². The number of hydrogen-bond donors (Lipinski definition) is 1. The number of rotatable bonds is 6. The van der Waals surface area contributed by atoms with Crippen molar-refractivity contribution in [3.63, 3.8) is 0 Å². The fraction of sp³-hybridized carbons (Fsp3) is 0.667. The van der Waals surface area contributed by atoms with Crippen molar-refractivity contribution in [3.8, 4) is 0 Å². The molecule has 1 N–H and O–H groups in total. The van der Waals surface area contributed by atoms with Crippen LogP contribution in [0.1, 0.15) is 51.0 Å². The molecule has 104 valence electrons. The number of nitrogens with one attached hydrogen (secondary N) is 1. The summed E-state index contributed by atoms with van der Waals surface area (Å²) in [5, 5.41) is 4.00. The van der Waals surface area contributed by atoms with Gasteiger partial charge in [-0.3, -0.25) is 0 Å². The molecule has 0 saturated heterocycles. The van der Waals surface area contributed by atoms with Gasteiger partial charge in [-0.2, -0.15) is 0 Å². The monoisotopic (exact) mass is 257 g/mol. The van der Waals surface area contributed by atoms with E-state index in [9.17, 15) is 0 Å². The lowest BCUT2D eigenvalue weighted by Gasteiger charge is -2.29. The minimum atomic E-state index is 0.678. The SMILES string of the molecule is CCCC(Cc1ccccc1)NC1CC2CCC1C2. The van der Waals surface area contributed by atoms with E-state index < -0.39 is 0 Å². The highest BCUT2D eigenvalue weighted by molar-refractivity contribution is 5.16. The van der Waals surface area contributed by atoms with Crippen LogP contribution >= 0.6 is 0 Å². The van der Waals surface area contributed by atoms with Gasteiger partial charge in [-0.25, -0.2) is 0 Å². The topological polar surface area (TPSA) is 12.0 Å². The van der Waals surface area contributed by atoms with E-state index >= 15 is 0 Å². The molecule has 3 rings (SSSR count). The molecule has 4 atom stereocenters. The molecule has 4 unspecified atom stereocenters. The van der Waals surface area contributed by atoms with Crippen LogP contribution in [-0.2, 0) is 6.42 Å². The van der Waals surface area contributed by atoms with Gasteiger partial charge in [0, 0.05) is 12.1 Å². The Bertz CT molecular complexity index is 386. The third kappa shape index (κ3) is 3.20. The van der Waals surface area contributed by atoms with Crippen molar-refractivity contribution >= 4 is 0 Å². The lowest BCUT2D eigenvalue weighted by Crippen LogP contribution is -2.42. The Balaban J connectivity index is 1.58. The fourth-order valence-corrected chi connectivity index (χ4v) is 4.24. The first-order chi connectivity index (χ1) is 9.35. The van der Waals surface area contributed by atoms with Crippen LogP contribution in [0.5, 0.6) is 0 Å². The van der Waals surface area contributed by atoms with Crippen LogP contribution in [-0.4, -0.2) is 12.1 Å². The van der Waals surface area contributed by atoms with E-state index in [4.69, 9.17) is 0 Å². The molecule has 0 aromatic heterocycles. The van der Waals surface area contributed by atoms with E-state index in [2.05, 4.69) is 42.6 Å². The lowest BCUT2D eigenvalue weighted by molar-refractivity contribution is 0.307. The maximum absolute atomic E-state index is 4.00. The van der Waals surface area contributed by atoms with Gasteiger partial charge in [0.2, 0.25) is 0 Å². The fourth-order valence-electron chi connectivity index (χ4n) is 4.24. The molecule has 2 aliphatic rings. The van der Waals surface area contributed by atoms with Crippen LogP contribution in [0.15, 0.2) is 30.3 Å². The first-order valence-electron chi connectivity index (χ1n) is 8.15. The van der Waals surface area contributed by atoms with E-state index in [-0.39, 0.29) is 0 Å². The van der Waals surface area contributed by atoms with Crippen LogP contribution in [0.2, 0.25) is 0 Å². The van der Waals surface area contributed by atoms with Crippen LogP contribution in [0, 0.1) is 11.8 Å². The smallest absolute Gasteiger partial charge is 0.0110 e. The number of hydrogen-bond acceptors (Lipinski definition) is 1. The Morgan fingerprint density at radius 2 is 2.00 bits per heavy atom. The second-order valence-electron chi connectivity index (χ2n) is 6.62. The minimum Gasteiger partial charge on any atom is -0.311 e. The summed E-state index contributed by atoms with van der Waals surface area (Å²) in [6.07, 6.45) is 9.71. The van der Waals surface area contributed by atoms with Gasteiger partial charge in [-0.05, 0) is 49.5 Å². The second-order valence-corrected chi connectivity index (χ2v) is 6.62. The molecule has 19 heavy (non-hydrogen) atoms. The predicted molar refractivity (Wildman–Crippen MR) is 81.2 cm³/mol. The zero-order chi connectivity index (χ0) is 13.1. The number of benzene rings is 1. The molecule has 2 fully saturated rings. The van der Waals surface area contributed by atoms with Crippen molar-refractivity contribution in [1.82, 2.24) is 5.32 Å². The summed E-state index contributed by atoms with van der Waals surface area (Å²) < 4.78 is 0. The summed E-state index contributed by atoms with van der Waals surface area (Å²) in [5.41, 5.74) is 1.48. The molecular weight excluding hydrogens is 230 g/mol. The second kappa shape index (κ2) is 6.09. The normalized spacial score (nSPS) is 30.7. The minimum absolute atomic E-state index is 0.678. The lowest BCUT2D eigenvalue weighted by atomic mass is 9.93. The first-order valence-corrected chi connectivity index (χ1v) is 8.15. The van der Waals surface area contributed by atoms with Crippen molar-refractivity contribution in [3.05, 3.63) is 35.9 Å². The molecule has 1 aromatic carbocycles. The van der Waals surface area contributed by atoms with Crippen molar-refractivity contribution in [1.29, 1.82) is 0 Å². The molecule has 1 aromatic rings. The molecule has 0 radical (unpaired) electrons. The average Bonchev–Trinajstić information content (AvgIpc) is 3.02. The molecule has 2 saturated carbocycles. The Morgan fingerprint density at radius 3 is 2.63 bits per heavy atom. The van der Waals surface area contributed by atoms with Gasteiger partial charge in [0.1, 0.15) is 0 Å². The van der Waals surface area contributed by atoms with Gasteiger partial charge >= 0.3 is 0 Å². The average molecular weight is 257 g/mol. The van der Waals surface area contributed by atoms with Crippen molar-refractivity contribution in [2.45, 2.75) is 64.0 Å². The van der Waals surface area contributed by atoms with Gasteiger partial charge in [0.15, 0.2) is 0 Å². The van der Waals surface area contributed by atoms with Crippen LogP contribution in [0.25, 0.3) is 0 Å². The largest absolute Gasteiger partial charge is 0.311 e. The Kier molecular flexibility index (Phi) is 4.22. The molecule has 1 heteroatoms. The van der Waals surface area contributed by atoms with Gasteiger partial charge in [0.05, 0.1) is 0 Å². The third-order valence-corrected chi connectivity index (χ3v) is 5.15. The van der Waals surface area contributed by atoms with E-state index in [0.29, 0.717) is 6.04 Å². The van der Waals surface area contributed by atoms with Crippen LogP contribution in [0.3, 0.4) is 0 Å².